The van der Waals surface area contributed by atoms with Gasteiger partial charge in [-0.25, -0.2) is 9.97 Å². The molecule has 1 atom stereocenters. The van der Waals surface area contributed by atoms with Gasteiger partial charge in [0, 0.05) is 17.3 Å². The molecule has 0 fully saturated rings. The molecule has 0 aliphatic rings. The second-order valence-electron chi connectivity index (χ2n) is 4.80. The number of rotatable bonds is 4. The Hall–Kier alpha value is -2.41. The number of hydrogen-bond donors (Lipinski definition) is 1. The van der Waals surface area contributed by atoms with Gasteiger partial charge < -0.3 is 10.3 Å². The van der Waals surface area contributed by atoms with E-state index in [0.29, 0.717) is 22.7 Å². The minimum absolute atomic E-state index is 0.0637. The highest BCUT2D eigenvalue weighted by Gasteiger charge is 2.18. The van der Waals surface area contributed by atoms with Crippen LogP contribution in [0.1, 0.15) is 23.8 Å². The lowest BCUT2D eigenvalue weighted by Crippen LogP contribution is -1.98. The quantitative estimate of drug-likeness (QED) is 0.584. The fourth-order valence-electron chi connectivity index (χ4n) is 1.93. The number of benzene rings is 1. The van der Waals surface area contributed by atoms with Gasteiger partial charge in [-0.2, -0.15) is 4.98 Å². The summed E-state index contributed by atoms with van der Waals surface area (Å²) in [5.41, 5.74) is 7.49. The van der Waals surface area contributed by atoms with Gasteiger partial charge in [-0.15, -0.1) is 0 Å². The van der Waals surface area contributed by atoms with Crippen LogP contribution in [0.15, 0.2) is 46.1 Å². The fraction of sp³-hybridized carbons (Fsp3) is 0.200. The first-order valence-corrected chi connectivity index (χ1v) is 7.66. The van der Waals surface area contributed by atoms with Crippen LogP contribution in [0.5, 0.6) is 0 Å². The number of hydrogen-bond acceptors (Lipinski definition) is 7. The van der Waals surface area contributed by atoms with Gasteiger partial charge in [0.15, 0.2) is 5.16 Å². The van der Waals surface area contributed by atoms with Crippen LogP contribution in [0.25, 0.3) is 11.4 Å². The Morgan fingerprint density at radius 2 is 1.91 bits per heavy atom. The van der Waals surface area contributed by atoms with Gasteiger partial charge >= 0.3 is 0 Å². The van der Waals surface area contributed by atoms with Gasteiger partial charge in [-0.1, -0.05) is 47.3 Å². The van der Waals surface area contributed by atoms with Crippen LogP contribution < -0.4 is 5.73 Å². The largest absolute Gasteiger partial charge is 0.384 e. The van der Waals surface area contributed by atoms with E-state index in [-0.39, 0.29) is 5.25 Å². The molecule has 3 rings (SSSR count). The maximum atomic E-state index is 5.74. The molecule has 112 valence electrons. The Labute approximate surface area is 132 Å². The smallest absolute Gasteiger partial charge is 0.240 e. The summed E-state index contributed by atoms with van der Waals surface area (Å²) in [5, 5.41) is 4.56. The Balaban J connectivity index is 1.78. The summed E-state index contributed by atoms with van der Waals surface area (Å²) in [7, 11) is 0. The standard InChI is InChI=1S/C15H15N5OS/c1-9-8-12(16)18-15(17-9)22-10(2)14-19-13(20-21-14)11-6-4-3-5-7-11/h3-8,10H,1-2H3,(H2,16,17,18). The van der Waals surface area contributed by atoms with Crippen molar-refractivity contribution in [3.63, 3.8) is 0 Å². The normalized spacial score (nSPS) is 12.3. The van der Waals surface area contributed by atoms with Crippen LogP contribution in [0.3, 0.4) is 0 Å². The van der Waals surface area contributed by atoms with Crippen molar-refractivity contribution in [2.45, 2.75) is 24.3 Å². The zero-order valence-corrected chi connectivity index (χ0v) is 13.0. The van der Waals surface area contributed by atoms with Crippen LogP contribution in [0.4, 0.5) is 5.82 Å². The minimum Gasteiger partial charge on any atom is -0.384 e. The number of nitrogens with two attached hydrogens (primary N) is 1. The minimum atomic E-state index is -0.0637. The Morgan fingerprint density at radius 3 is 2.64 bits per heavy atom. The zero-order valence-electron chi connectivity index (χ0n) is 12.2. The van der Waals surface area contributed by atoms with Crippen molar-refractivity contribution in [3.8, 4) is 11.4 Å². The van der Waals surface area contributed by atoms with E-state index in [0.717, 1.165) is 11.3 Å². The van der Waals surface area contributed by atoms with E-state index in [1.807, 2.05) is 44.2 Å². The zero-order chi connectivity index (χ0) is 15.5. The topological polar surface area (TPSA) is 90.7 Å². The molecule has 0 aliphatic carbocycles. The molecule has 2 aromatic heterocycles. The number of thioether (sulfide) groups is 1. The SMILES string of the molecule is Cc1cc(N)nc(SC(C)c2nc(-c3ccccc3)no2)n1. The van der Waals surface area contributed by atoms with Gasteiger partial charge in [0.1, 0.15) is 5.82 Å². The molecule has 0 bridgehead atoms. The van der Waals surface area contributed by atoms with E-state index in [1.165, 1.54) is 11.8 Å². The molecule has 3 aromatic rings. The lowest BCUT2D eigenvalue weighted by molar-refractivity contribution is 0.380. The molecule has 0 radical (unpaired) electrons. The van der Waals surface area contributed by atoms with Gasteiger partial charge in [0.25, 0.3) is 0 Å². The molecule has 0 aliphatic heterocycles. The summed E-state index contributed by atoms with van der Waals surface area (Å²) in [6.07, 6.45) is 0. The number of aromatic nitrogens is 4. The molecule has 6 nitrogen and oxygen atoms in total. The lowest BCUT2D eigenvalue weighted by Gasteiger charge is -2.06. The van der Waals surface area contributed by atoms with E-state index in [4.69, 9.17) is 10.3 Å². The second kappa shape index (κ2) is 6.15. The highest BCUT2D eigenvalue weighted by molar-refractivity contribution is 7.99. The molecular formula is C15H15N5OS. The first kappa shape index (κ1) is 14.5. The average molecular weight is 313 g/mol. The van der Waals surface area contributed by atoms with Crippen molar-refractivity contribution in [2.75, 3.05) is 5.73 Å². The van der Waals surface area contributed by atoms with Crippen molar-refractivity contribution < 1.29 is 4.52 Å². The van der Waals surface area contributed by atoms with Crippen LogP contribution in [0.2, 0.25) is 0 Å². The molecule has 2 N–H and O–H groups in total. The molecular weight excluding hydrogens is 298 g/mol. The summed E-state index contributed by atoms with van der Waals surface area (Å²) in [6, 6.07) is 11.4. The third-order valence-electron chi connectivity index (χ3n) is 2.96. The van der Waals surface area contributed by atoms with Crippen LogP contribution >= 0.6 is 11.8 Å². The fourth-order valence-corrected chi connectivity index (χ4v) is 2.80. The third kappa shape index (κ3) is 3.25. The van der Waals surface area contributed by atoms with E-state index >= 15 is 0 Å². The van der Waals surface area contributed by atoms with Crippen molar-refractivity contribution in [2.24, 2.45) is 0 Å². The second-order valence-corrected chi connectivity index (χ2v) is 6.11. The highest BCUT2D eigenvalue weighted by Crippen LogP contribution is 2.33. The number of aryl methyl sites for hydroxylation is 1. The maximum Gasteiger partial charge on any atom is 0.240 e. The molecule has 0 saturated heterocycles. The molecule has 1 unspecified atom stereocenters. The lowest BCUT2D eigenvalue weighted by atomic mass is 10.2. The summed E-state index contributed by atoms with van der Waals surface area (Å²) < 4.78 is 5.34. The van der Waals surface area contributed by atoms with E-state index in [2.05, 4.69) is 20.1 Å². The Kier molecular flexibility index (Phi) is 4.06. The van der Waals surface area contributed by atoms with Crippen LogP contribution in [-0.2, 0) is 0 Å². The van der Waals surface area contributed by atoms with Gasteiger partial charge in [-0.3, -0.25) is 0 Å². The molecule has 7 heteroatoms. The maximum absolute atomic E-state index is 5.74. The Morgan fingerprint density at radius 1 is 1.14 bits per heavy atom. The number of nitrogens with zero attached hydrogens (tertiary/aromatic N) is 4. The Bertz CT molecular complexity index is 754. The first-order chi connectivity index (χ1) is 10.6. The molecule has 1 aromatic carbocycles. The third-order valence-corrected chi connectivity index (χ3v) is 3.91. The van der Waals surface area contributed by atoms with E-state index in [1.54, 1.807) is 6.07 Å². The van der Waals surface area contributed by atoms with Crippen molar-refractivity contribution in [1.29, 1.82) is 0 Å². The average Bonchev–Trinajstić information content (AvgIpc) is 2.97. The van der Waals surface area contributed by atoms with E-state index in [9.17, 15) is 0 Å². The van der Waals surface area contributed by atoms with Gasteiger partial charge in [0.2, 0.25) is 11.7 Å². The summed E-state index contributed by atoms with van der Waals surface area (Å²) >= 11 is 1.44. The van der Waals surface area contributed by atoms with Crippen molar-refractivity contribution >= 4 is 17.6 Å². The molecule has 0 spiro atoms. The predicted molar refractivity (Wildman–Crippen MR) is 85.2 cm³/mol. The highest BCUT2D eigenvalue weighted by atomic mass is 32.2. The van der Waals surface area contributed by atoms with Gasteiger partial charge in [-0.05, 0) is 13.8 Å². The molecule has 0 amide bonds. The van der Waals surface area contributed by atoms with Crippen molar-refractivity contribution in [1.82, 2.24) is 20.1 Å². The van der Waals surface area contributed by atoms with Gasteiger partial charge in [0.05, 0.1) is 5.25 Å². The van der Waals surface area contributed by atoms with Crippen molar-refractivity contribution in [3.05, 3.63) is 48.0 Å². The molecule has 0 saturated carbocycles. The number of nitrogen functional groups attached to an aromatic ring is 1. The predicted octanol–water partition coefficient (Wildman–Crippen LogP) is 3.27. The molecule has 2 heterocycles. The van der Waals surface area contributed by atoms with E-state index < -0.39 is 0 Å². The molecule has 22 heavy (non-hydrogen) atoms. The van der Waals surface area contributed by atoms with Crippen LogP contribution in [0, 0.1) is 6.92 Å². The first-order valence-electron chi connectivity index (χ1n) is 6.78. The summed E-state index contributed by atoms with van der Waals surface area (Å²) in [6.45, 7) is 3.85. The monoisotopic (exact) mass is 313 g/mol. The summed E-state index contributed by atoms with van der Waals surface area (Å²) in [4.78, 5) is 13.0. The van der Waals surface area contributed by atoms with Crippen LogP contribution in [-0.4, -0.2) is 20.1 Å². The summed E-state index contributed by atoms with van der Waals surface area (Å²) in [5.74, 6) is 1.57. The number of anilines is 1.